The number of rotatable bonds is 0. The lowest BCUT2D eigenvalue weighted by atomic mass is 10.0. The summed E-state index contributed by atoms with van der Waals surface area (Å²) in [7, 11) is -3.67. The number of carbonyl (C=O) groups is 1. The molecule has 0 aliphatic carbocycles. The normalized spacial score (nSPS) is 14.2. The van der Waals surface area contributed by atoms with Crippen molar-refractivity contribution in [2.24, 2.45) is 0 Å². The first kappa shape index (κ1) is 12.7. The number of benzene rings is 1. The summed E-state index contributed by atoms with van der Waals surface area (Å²) in [6.07, 6.45) is 2.21. The van der Waals surface area contributed by atoms with Crippen molar-refractivity contribution in [3.05, 3.63) is 29.8 Å². The summed E-state index contributed by atoms with van der Waals surface area (Å²) < 4.78 is 25.9. The fourth-order valence-corrected chi connectivity index (χ4v) is 1.32. The summed E-state index contributed by atoms with van der Waals surface area (Å²) in [6.45, 7) is 0. The maximum absolute atomic E-state index is 10.9. The minimum absolute atomic E-state index is 0.128. The smallest absolute Gasteiger partial charge is 0.261 e. The van der Waals surface area contributed by atoms with Gasteiger partial charge in [-0.1, -0.05) is 18.2 Å². The van der Waals surface area contributed by atoms with Crippen molar-refractivity contribution in [3.63, 3.8) is 0 Å². The second kappa shape index (κ2) is 5.09. The number of hydrogen-bond donors (Lipinski definition) is 2. The molecule has 0 bridgehead atoms. The number of nitrogens with one attached hydrogen (secondary N) is 1. The summed E-state index contributed by atoms with van der Waals surface area (Å²) in [6, 6.07) is 7.92. The van der Waals surface area contributed by atoms with Gasteiger partial charge in [0.05, 0.1) is 6.26 Å². The van der Waals surface area contributed by atoms with E-state index in [-0.39, 0.29) is 5.91 Å². The Morgan fingerprint density at radius 2 is 1.81 bits per heavy atom. The standard InChI is InChI=1S/C9H9NO.CH4O3S/c11-9-6-5-7-3-1-2-4-8(7)10-9;1-5(2,3)4/h1-4H,5-6H2,(H,10,11);1H3,(H,2,3,4). The van der Waals surface area contributed by atoms with Gasteiger partial charge in [0, 0.05) is 12.1 Å². The third kappa shape index (κ3) is 4.90. The highest BCUT2D eigenvalue weighted by atomic mass is 32.2. The average Bonchev–Trinajstić information content (AvgIpc) is 2.15. The highest BCUT2D eigenvalue weighted by Crippen LogP contribution is 2.20. The molecule has 1 heterocycles. The maximum Gasteiger partial charge on any atom is 0.261 e. The van der Waals surface area contributed by atoms with E-state index in [9.17, 15) is 13.2 Å². The molecule has 6 heteroatoms. The molecule has 0 unspecified atom stereocenters. The molecule has 88 valence electrons. The number of anilines is 1. The Morgan fingerprint density at radius 3 is 2.44 bits per heavy atom. The van der Waals surface area contributed by atoms with Crippen molar-refractivity contribution >= 4 is 21.7 Å². The summed E-state index contributed by atoms with van der Waals surface area (Å²) in [5.74, 6) is 0.128. The van der Waals surface area contributed by atoms with Gasteiger partial charge in [-0.15, -0.1) is 0 Å². The van der Waals surface area contributed by atoms with E-state index in [0.717, 1.165) is 12.1 Å². The van der Waals surface area contributed by atoms with Crippen molar-refractivity contribution in [2.75, 3.05) is 11.6 Å². The Bertz CT molecular complexity index is 473. The van der Waals surface area contributed by atoms with E-state index < -0.39 is 10.1 Å². The zero-order valence-electron chi connectivity index (χ0n) is 8.80. The van der Waals surface area contributed by atoms with Crippen LogP contribution in [0.25, 0.3) is 0 Å². The highest BCUT2D eigenvalue weighted by Gasteiger charge is 2.12. The van der Waals surface area contributed by atoms with Crippen LogP contribution in [0, 0.1) is 0 Å². The molecule has 2 N–H and O–H groups in total. The Morgan fingerprint density at radius 1 is 1.25 bits per heavy atom. The highest BCUT2D eigenvalue weighted by molar-refractivity contribution is 7.85. The molecule has 0 fully saturated rings. The van der Waals surface area contributed by atoms with Gasteiger partial charge in [0.15, 0.2) is 0 Å². The molecule has 0 atom stereocenters. The lowest BCUT2D eigenvalue weighted by molar-refractivity contribution is -0.116. The summed E-state index contributed by atoms with van der Waals surface area (Å²) in [5, 5.41) is 2.82. The molecular weight excluding hydrogens is 230 g/mol. The third-order valence-corrected chi connectivity index (χ3v) is 1.91. The number of aryl methyl sites for hydroxylation is 1. The molecule has 1 aromatic carbocycles. The first-order valence-electron chi connectivity index (χ1n) is 4.66. The second-order valence-corrected chi connectivity index (χ2v) is 4.90. The van der Waals surface area contributed by atoms with Gasteiger partial charge in [0.25, 0.3) is 10.1 Å². The number of amides is 1. The molecule has 1 amide bonds. The number of para-hydroxylation sites is 1. The van der Waals surface area contributed by atoms with Crippen LogP contribution in [0.3, 0.4) is 0 Å². The molecule has 1 aliphatic heterocycles. The number of fused-ring (bicyclic) bond motifs is 1. The van der Waals surface area contributed by atoms with Gasteiger partial charge in [0.2, 0.25) is 5.91 Å². The molecule has 0 saturated heterocycles. The van der Waals surface area contributed by atoms with Crippen LogP contribution in [-0.4, -0.2) is 25.1 Å². The first-order chi connectivity index (χ1) is 7.36. The second-order valence-electron chi connectivity index (χ2n) is 3.44. The van der Waals surface area contributed by atoms with Gasteiger partial charge < -0.3 is 5.32 Å². The van der Waals surface area contributed by atoms with Crippen LogP contribution in [0.4, 0.5) is 5.69 Å². The first-order valence-corrected chi connectivity index (χ1v) is 6.51. The Kier molecular flexibility index (Phi) is 4.03. The average molecular weight is 243 g/mol. The van der Waals surface area contributed by atoms with Gasteiger partial charge in [-0.2, -0.15) is 8.42 Å². The lowest BCUT2D eigenvalue weighted by Gasteiger charge is -2.15. The lowest BCUT2D eigenvalue weighted by Crippen LogP contribution is -2.18. The van der Waals surface area contributed by atoms with Crippen LogP contribution in [0.5, 0.6) is 0 Å². The SMILES string of the molecule is CS(=O)(=O)O.O=C1CCc2ccccc2N1. The fourth-order valence-electron chi connectivity index (χ4n) is 1.32. The van der Waals surface area contributed by atoms with E-state index in [1.54, 1.807) is 0 Å². The van der Waals surface area contributed by atoms with Crippen LogP contribution in [-0.2, 0) is 21.3 Å². The molecule has 0 aromatic heterocycles. The molecule has 5 nitrogen and oxygen atoms in total. The van der Waals surface area contributed by atoms with Crippen LogP contribution >= 0.6 is 0 Å². The largest absolute Gasteiger partial charge is 0.326 e. The quantitative estimate of drug-likeness (QED) is 0.668. The Labute approximate surface area is 94.2 Å². The zero-order chi connectivity index (χ0) is 12.2. The Balaban J connectivity index is 0.000000221. The summed E-state index contributed by atoms with van der Waals surface area (Å²) in [5.41, 5.74) is 2.22. The van der Waals surface area contributed by atoms with Gasteiger partial charge in [-0.25, -0.2) is 0 Å². The van der Waals surface area contributed by atoms with E-state index in [4.69, 9.17) is 4.55 Å². The fraction of sp³-hybridized carbons (Fsp3) is 0.300. The van der Waals surface area contributed by atoms with Crippen LogP contribution < -0.4 is 5.32 Å². The minimum Gasteiger partial charge on any atom is -0.326 e. The molecule has 0 saturated carbocycles. The molecule has 1 aromatic rings. The molecular formula is C10H13NO4S. The molecule has 2 rings (SSSR count). The van der Waals surface area contributed by atoms with Crippen molar-refractivity contribution in [3.8, 4) is 0 Å². The molecule has 1 aliphatic rings. The predicted molar refractivity (Wildman–Crippen MR) is 60.9 cm³/mol. The van der Waals surface area contributed by atoms with Gasteiger partial charge in [-0.05, 0) is 18.1 Å². The van der Waals surface area contributed by atoms with E-state index in [0.29, 0.717) is 12.7 Å². The van der Waals surface area contributed by atoms with Crippen LogP contribution in [0.1, 0.15) is 12.0 Å². The number of carbonyl (C=O) groups excluding carboxylic acids is 1. The summed E-state index contributed by atoms with van der Waals surface area (Å²) >= 11 is 0. The molecule has 0 spiro atoms. The van der Waals surface area contributed by atoms with Gasteiger partial charge in [0.1, 0.15) is 0 Å². The zero-order valence-corrected chi connectivity index (χ0v) is 9.62. The van der Waals surface area contributed by atoms with Crippen molar-refractivity contribution in [2.45, 2.75) is 12.8 Å². The van der Waals surface area contributed by atoms with Crippen molar-refractivity contribution in [1.82, 2.24) is 0 Å². The third-order valence-electron chi connectivity index (χ3n) is 1.91. The minimum atomic E-state index is -3.67. The predicted octanol–water partition coefficient (Wildman–Crippen LogP) is 1.08. The Hall–Kier alpha value is -1.40. The number of hydrogen-bond acceptors (Lipinski definition) is 3. The van der Waals surface area contributed by atoms with Crippen LogP contribution in [0.2, 0.25) is 0 Å². The van der Waals surface area contributed by atoms with Crippen LogP contribution in [0.15, 0.2) is 24.3 Å². The maximum atomic E-state index is 10.9. The molecule has 16 heavy (non-hydrogen) atoms. The van der Waals surface area contributed by atoms with Crippen molar-refractivity contribution in [1.29, 1.82) is 0 Å². The van der Waals surface area contributed by atoms with Crippen molar-refractivity contribution < 1.29 is 17.8 Å². The van der Waals surface area contributed by atoms with E-state index in [1.165, 1.54) is 5.56 Å². The van der Waals surface area contributed by atoms with E-state index in [2.05, 4.69) is 11.4 Å². The van der Waals surface area contributed by atoms with E-state index >= 15 is 0 Å². The summed E-state index contributed by atoms with van der Waals surface area (Å²) in [4.78, 5) is 10.9. The van der Waals surface area contributed by atoms with Gasteiger partial charge >= 0.3 is 0 Å². The molecule has 0 radical (unpaired) electrons. The monoisotopic (exact) mass is 243 g/mol. The topological polar surface area (TPSA) is 83.5 Å². The van der Waals surface area contributed by atoms with E-state index in [1.807, 2.05) is 18.2 Å². The van der Waals surface area contributed by atoms with Gasteiger partial charge in [-0.3, -0.25) is 9.35 Å².